The number of para-hydroxylation sites is 2. The molecule has 0 fully saturated rings. The average Bonchev–Trinajstić information content (AvgIpc) is 3.36. The molecule has 1 unspecified atom stereocenters. The zero-order valence-corrected chi connectivity index (χ0v) is 18.6. The zero-order chi connectivity index (χ0) is 22.2. The molecular formula is C23H20Cl2N4O3. The maximum Gasteiger partial charge on any atom is 0.307 e. The average molecular weight is 471 g/mol. The smallest absolute Gasteiger partial charge is 0.307 e. The van der Waals surface area contributed by atoms with E-state index in [0.29, 0.717) is 22.3 Å². The van der Waals surface area contributed by atoms with Crippen molar-refractivity contribution in [1.82, 2.24) is 19.6 Å². The lowest BCUT2D eigenvalue weighted by atomic mass is 10.00. The molecule has 1 aliphatic heterocycles. The Kier molecular flexibility index (Phi) is 5.53. The van der Waals surface area contributed by atoms with Crippen molar-refractivity contribution in [3.63, 3.8) is 0 Å². The fraction of sp³-hybridized carbons (Fsp3) is 0.261. The SMILES string of the molecule is O=C(O)Cc1c2n(c3ccccc13)CC(n1nncc1COc1c(Cl)cccc1Cl)CC2. The number of carboxylic acids is 1. The highest BCUT2D eigenvalue weighted by Crippen LogP contribution is 2.36. The van der Waals surface area contributed by atoms with Crippen molar-refractivity contribution in [2.75, 3.05) is 0 Å². The Morgan fingerprint density at radius 2 is 1.94 bits per heavy atom. The summed E-state index contributed by atoms with van der Waals surface area (Å²) in [7, 11) is 0. The molecule has 9 heteroatoms. The number of aliphatic carboxylic acids is 1. The van der Waals surface area contributed by atoms with Crippen LogP contribution in [-0.2, 0) is 30.8 Å². The summed E-state index contributed by atoms with van der Waals surface area (Å²) in [6.07, 6.45) is 3.29. The van der Waals surface area contributed by atoms with Gasteiger partial charge in [0, 0.05) is 23.1 Å². The van der Waals surface area contributed by atoms with Gasteiger partial charge in [0.15, 0.2) is 5.75 Å². The molecule has 7 nitrogen and oxygen atoms in total. The number of fused-ring (bicyclic) bond motifs is 3. The summed E-state index contributed by atoms with van der Waals surface area (Å²) in [5.41, 5.74) is 3.86. The Bertz CT molecular complexity index is 1290. The largest absolute Gasteiger partial charge is 0.484 e. The first kappa shape index (κ1) is 20.8. The van der Waals surface area contributed by atoms with Gasteiger partial charge in [0.05, 0.1) is 34.4 Å². The lowest BCUT2D eigenvalue weighted by Crippen LogP contribution is -2.26. The van der Waals surface area contributed by atoms with Gasteiger partial charge in [0.2, 0.25) is 0 Å². The highest BCUT2D eigenvalue weighted by atomic mass is 35.5. The molecule has 2 aromatic carbocycles. The van der Waals surface area contributed by atoms with Gasteiger partial charge < -0.3 is 14.4 Å². The van der Waals surface area contributed by atoms with Gasteiger partial charge >= 0.3 is 5.97 Å². The van der Waals surface area contributed by atoms with E-state index in [-0.39, 0.29) is 19.1 Å². The number of halogens is 2. The standard InChI is InChI=1S/C23H20Cl2N4O3/c24-18-5-3-6-19(25)23(18)32-13-15-11-26-27-29(15)14-8-9-21-17(10-22(30)31)16-4-1-2-7-20(16)28(21)12-14/h1-7,11,14H,8-10,12-13H2,(H,30,31). The van der Waals surface area contributed by atoms with E-state index in [0.717, 1.165) is 40.7 Å². The van der Waals surface area contributed by atoms with Crippen LogP contribution in [0.4, 0.5) is 0 Å². The molecule has 0 saturated carbocycles. The van der Waals surface area contributed by atoms with Crippen molar-refractivity contribution < 1.29 is 14.6 Å². The van der Waals surface area contributed by atoms with E-state index < -0.39 is 5.97 Å². The molecule has 32 heavy (non-hydrogen) atoms. The number of ether oxygens (including phenoxy) is 1. The first-order valence-corrected chi connectivity index (χ1v) is 11.0. The lowest BCUT2D eigenvalue weighted by molar-refractivity contribution is -0.136. The van der Waals surface area contributed by atoms with Crippen LogP contribution in [0.15, 0.2) is 48.7 Å². The summed E-state index contributed by atoms with van der Waals surface area (Å²) in [5.74, 6) is -0.385. The van der Waals surface area contributed by atoms with Crippen LogP contribution in [0.1, 0.15) is 29.4 Å². The Morgan fingerprint density at radius 3 is 2.72 bits per heavy atom. The van der Waals surface area contributed by atoms with Crippen LogP contribution in [-0.4, -0.2) is 30.6 Å². The van der Waals surface area contributed by atoms with Gasteiger partial charge in [-0.3, -0.25) is 4.79 Å². The van der Waals surface area contributed by atoms with Crippen LogP contribution in [0.2, 0.25) is 10.0 Å². The number of aromatic nitrogens is 4. The lowest BCUT2D eigenvalue weighted by Gasteiger charge is -2.27. The summed E-state index contributed by atoms with van der Waals surface area (Å²) >= 11 is 12.4. The molecule has 1 N–H and O–H groups in total. The third-order valence-corrected chi connectivity index (χ3v) is 6.50. The van der Waals surface area contributed by atoms with Crippen molar-refractivity contribution in [1.29, 1.82) is 0 Å². The van der Waals surface area contributed by atoms with Crippen molar-refractivity contribution in [2.24, 2.45) is 0 Å². The van der Waals surface area contributed by atoms with E-state index in [4.69, 9.17) is 27.9 Å². The van der Waals surface area contributed by atoms with Gasteiger partial charge in [-0.2, -0.15) is 0 Å². The number of rotatable bonds is 6. The molecule has 5 rings (SSSR count). The molecule has 0 amide bonds. The fourth-order valence-corrected chi connectivity index (χ4v) is 5.02. The second-order valence-electron chi connectivity index (χ2n) is 7.83. The number of hydrogen-bond acceptors (Lipinski definition) is 4. The van der Waals surface area contributed by atoms with Gasteiger partial charge in [0.25, 0.3) is 0 Å². The third-order valence-electron chi connectivity index (χ3n) is 5.91. The Labute approximate surface area is 194 Å². The van der Waals surface area contributed by atoms with Crippen LogP contribution >= 0.6 is 23.2 Å². The van der Waals surface area contributed by atoms with E-state index >= 15 is 0 Å². The molecule has 3 heterocycles. The second kappa shape index (κ2) is 8.48. The van der Waals surface area contributed by atoms with Crippen LogP contribution in [0.3, 0.4) is 0 Å². The number of carbonyl (C=O) groups is 1. The minimum absolute atomic E-state index is 0.0223. The van der Waals surface area contributed by atoms with E-state index in [1.807, 2.05) is 28.9 Å². The minimum atomic E-state index is -0.819. The van der Waals surface area contributed by atoms with Gasteiger partial charge in [-0.25, -0.2) is 4.68 Å². The molecule has 0 aliphatic carbocycles. The summed E-state index contributed by atoms with van der Waals surface area (Å²) in [5, 5.41) is 19.7. The van der Waals surface area contributed by atoms with Crippen LogP contribution in [0, 0.1) is 0 Å². The van der Waals surface area contributed by atoms with Crippen molar-refractivity contribution >= 4 is 40.1 Å². The first-order valence-electron chi connectivity index (χ1n) is 10.3. The second-order valence-corrected chi connectivity index (χ2v) is 8.64. The van der Waals surface area contributed by atoms with Crippen LogP contribution in [0.25, 0.3) is 10.9 Å². The maximum absolute atomic E-state index is 11.5. The Balaban J connectivity index is 1.43. The molecule has 2 aromatic heterocycles. The van der Waals surface area contributed by atoms with Crippen molar-refractivity contribution in [2.45, 2.75) is 38.5 Å². The summed E-state index contributed by atoms with van der Waals surface area (Å²) in [6, 6.07) is 13.3. The number of nitrogens with zero attached hydrogens (tertiary/aromatic N) is 4. The maximum atomic E-state index is 11.5. The van der Waals surface area contributed by atoms with Gasteiger partial charge in [-0.15, -0.1) is 5.10 Å². The van der Waals surface area contributed by atoms with E-state index in [1.54, 1.807) is 24.4 Å². The van der Waals surface area contributed by atoms with Gasteiger partial charge in [-0.1, -0.05) is 52.7 Å². The summed E-state index contributed by atoms with van der Waals surface area (Å²) < 4.78 is 10.0. The third kappa shape index (κ3) is 3.72. The quantitative estimate of drug-likeness (QED) is 0.431. The van der Waals surface area contributed by atoms with Crippen molar-refractivity contribution in [3.8, 4) is 5.75 Å². The highest BCUT2D eigenvalue weighted by molar-refractivity contribution is 6.37. The number of carboxylic acid groups (broad SMARTS) is 1. The molecule has 0 radical (unpaired) electrons. The van der Waals surface area contributed by atoms with Crippen LogP contribution in [0.5, 0.6) is 5.75 Å². The first-order chi connectivity index (χ1) is 15.5. The molecule has 0 saturated heterocycles. The zero-order valence-electron chi connectivity index (χ0n) is 17.0. The Morgan fingerprint density at radius 1 is 1.16 bits per heavy atom. The summed E-state index contributed by atoms with van der Waals surface area (Å²) in [6.45, 7) is 0.912. The van der Waals surface area contributed by atoms with Crippen LogP contribution < -0.4 is 4.74 Å². The molecule has 4 aromatic rings. The minimum Gasteiger partial charge on any atom is -0.484 e. The Hall–Kier alpha value is -3.03. The molecular weight excluding hydrogens is 451 g/mol. The monoisotopic (exact) mass is 470 g/mol. The molecule has 164 valence electrons. The van der Waals surface area contributed by atoms with Gasteiger partial charge in [-0.05, 0) is 36.6 Å². The molecule has 0 bridgehead atoms. The number of benzene rings is 2. The van der Waals surface area contributed by atoms with E-state index in [1.165, 1.54) is 0 Å². The molecule has 0 spiro atoms. The fourth-order valence-electron chi connectivity index (χ4n) is 4.52. The van der Waals surface area contributed by atoms with Crippen molar-refractivity contribution in [3.05, 3.63) is 75.7 Å². The molecule has 1 atom stereocenters. The van der Waals surface area contributed by atoms with Gasteiger partial charge in [0.1, 0.15) is 6.61 Å². The predicted octanol–water partition coefficient (Wildman–Crippen LogP) is 4.93. The van der Waals surface area contributed by atoms with E-state index in [9.17, 15) is 9.90 Å². The topological polar surface area (TPSA) is 82.2 Å². The highest BCUT2D eigenvalue weighted by Gasteiger charge is 2.28. The molecule has 1 aliphatic rings. The predicted molar refractivity (Wildman–Crippen MR) is 121 cm³/mol. The summed E-state index contributed by atoms with van der Waals surface area (Å²) in [4.78, 5) is 11.5. The normalized spacial score (nSPS) is 15.6. The van der Waals surface area contributed by atoms with E-state index in [2.05, 4.69) is 14.9 Å². The number of hydrogen-bond donors (Lipinski definition) is 1.